The van der Waals surface area contributed by atoms with Crippen molar-refractivity contribution in [2.75, 3.05) is 0 Å². The molecule has 0 radical (unpaired) electrons. The number of phenolic OH excluding ortho intramolecular Hbond substituents is 1. The van der Waals surface area contributed by atoms with Gasteiger partial charge in [-0.25, -0.2) is 4.79 Å². The zero-order valence-corrected chi connectivity index (χ0v) is 12.7. The Morgan fingerprint density at radius 2 is 1.77 bits per heavy atom. The predicted molar refractivity (Wildman–Crippen MR) is 84.3 cm³/mol. The molecule has 0 fully saturated rings. The molecule has 0 aliphatic rings. The Kier molecular flexibility index (Phi) is 4.83. The topological polar surface area (TPSA) is 77.8 Å². The SMILES string of the molecule is Cc1cc(C(O)CCc2cccc(O)c2)cc(C)c1C(=O)O. The quantitative estimate of drug-likeness (QED) is 0.791. The van der Waals surface area contributed by atoms with E-state index in [-0.39, 0.29) is 5.75 Å². The lowest BCUT2D eigenvalue weighted by Gasteiger charge is -2.15. The van der Waals surface area contributed by atoms with E-state index in [0.717, 1.165) is 11.1 Å². The van der Waals surface area contributed by atoms with Crippen LogP contribution < -0.4 is 0 Å². The number of benzene rings is 2. The number of hydrogen-bond acceptors (Lipinski definition) is 3. The van der Waals surface area contributed by atoms with E-state index < -0.39 is 12.1 Å². The standard InChI is InChI=1S/C18H20O4/c1-11-8-14(9-12(2)17(11)18(21)22)16(20)7-6-13-4-3-5-15(19)10-13/h3-5,8-10,16,19-20H,6-7H2,1-2H3,(H,21,22). The lowest BCUT2D eigenvalue weighted by Crippen LogP contribution is -2.07. The minimum absolute atomic E-state index is 0.212. The van der Waals surface area contributed by atoms with Crippen molar-refractivity contribution in [1.29, 1.82) is 0 Å². The van der Waals surface area contributed by atoms with Crippen LogP contribution >= 0.6 is 0 Å². The molecule has 0 aromatic heterocycles. The van der Waals surface area contributed by atoms with Gasteiger partial charge in [0, 0.05) is 0 Å². The summed E-state index contributed by atoms with van der Waals surface area (Å²) in [5.74, 6) is -0.736. The van der Waals surface area contributed by atoms with Crippen LogP contribution in [0.15, 0.2) is 36.4 Å². The fourth-order valence-electron chi connectivity index (χ4n) is 2.71. The zero-order chi connectivity index (χ0) is 16.3. The first-order valence-corrected chi connectivity index (χ1v) is 7.19. The molecule has 0 heterocycles. The van der Waals surface area contributed by atoms with Crippen LogP contribution in [0.5, 0.6) is 5.75 Å². The molecule has 22 heavy (non-hydrogen) atoms. The summed E-state index contributed by atoms with van der Waals surface area (Å²) in [7, 11) is 0. The van der Waals surface area contributed by atoms with Gasteiger partial charge in [-0.2, -0.15) is 0 Å². The highest BCUT2D eigenvalue weighted by molar-refractivity contribution is 5.91. The summed E-state index contributed by atoms with van der Waals surface area (Å²) in [6.45, 7) is 3.48. The minimum Gasteiger partial charge on any atom is -0.508 e. The highest BCUT2D eigenvalue weighted by Crippen LogP contribution is 2.25. The number of hydrogen-bond donors (Lipinski definition) is 3. The number of phenols is 1. The van der Waals surface area contributed by atoms with Gasteiger partial charge in [0.25, 0.3) is 0 Å². The Bertz CT molecular complexity index is 668. The molecule has 0 amide bonds. The predicted octanol–water partition coefficient (Wildman–Crippen LogP) is 3.37. The summed E-state index contributed by atoms with van der Waals surface area (Å²) in [5, 5.41) is 28.9. The minimum atomic E-state index is -0.948. The van der Waals surface area contributed by atoms with Crippen LogP contribution in [0, 0.1) is 13.8 Å². The molecular formula is C18H20O4. The number of aromatic carboxylic acids is 1. The van der Waals surface area contributed by atoms with E-state index in [2.05, 4.69) is 0 Å². The lowest BCUT2D eigenvalue weighted by molar-refractivity contribution is 0.0695. The van der Waals surface area contributed by atoms with E-state index >= 15 is 0 Å². The van der Waals surface area contributed by atoms with Gasteiger partial charge < -0.3 is 15.3 Å². The van der Waals surface area contributed by atoms with Gasteiger partial charge in [0.05, 0.1) is 11.7 Å². The number of carbonyl (C=O) groups is 1. The summed E-state index contributed by atoms with van der Waals surface area (Å²) < 4.78 is 0. The molecule has 1 unspecified atom stereocenters. The molecule has 2 aromatic carbocycles. The Hall–Kier alpha value is -2.33. The third-order valence-corrected chi connectivity index (χ3v) is 3.77. The number of aromatic hydroxyl groups is 1. The molecule has 0 saturated heterocycles. The van der Waals surface area contributed by atoms with Crippen LogP contribution in [0.3, 0.4) is 0 Å². The van der Waals surface area contributed by atoms with Crippen molar-refractivity contribution in [2.45, 2.75) is 32.8 Å². The molecule has 3 N–H and O–H groups in total. The molecular weight excluding hydrogens is 280 g/mol. The summed E-state index contributed by atoms with van der Waals surface area (Å²) in [4.78, 5) is 11.2. The second-order valence-electron chi connectivity index (χ2n) is 5.56. The van der Waals surface area contributed by atoms with Gasteiger partial charge in [-0.1, -0.05) is 24.3 Å². The highest BCUT2D eigenvalue weighted by Gasteiger charge is 2.15. The van der Waals surface area contributed by atoms with Gasteiger partial charge in [-0.05, 0) is 61.1 Å². The van der Waals surface area contributed by atoms with Crippen LogP contribution in [-0.4, -0.2) is 21.3 Å². The first-order valence-electron chi connectivity index (χ1n) is 7.19. The number of aliphatic hydroxyl groups excluding tert-OH is 1. The summed E-state index contributed by atoms with van der Waals surface area (Å²) in [5.41, 5.74) is 3.27. The normalized spacial score (nSPS) is 12.1. The number of carboxylic acids is 1. The van der Waals surface area contributed by atoms with Gasteiger partial charge >= 0.3 is 5.97 Å². The molecule has 2 aromatic rings. The third-order valence-electron chi connectivity index (χ3n) is 3.77. The van der Waals surface area contributed by atoms with E-state index in [1.54, 1.807) is 44.2 Å². The van der Waals surface area contributed by atoms with Crippen LogP contribution in [0.1, 0.15) is 45.1 Å². The lowest BCUT2D eigenvalue weighted by atomic mass is 9.94. The van der Waals surface area contributed by atoms with Crippen molar-refractivity contribution in [1.82, 2.24) is 0 Å². The number of aliphatic hydroxyl groups is 1. The smallest absolute Gasteiger partial charge is 0.336 e. The van der Waals surface area contributed by atoms with E-state index in [9.17, 15) is 15.0 Å². The Labute approximate surface area is 129 Å². The maximum atomic E-state index is 11.2. The number of carboxylic acid groups (broad SMARTS) is 1. The maximum Gasteiger partial charge on any atom is 0.336 e. The summed E-state index contributed by atoms with van der Waals surface area (Å²) >= 11 is 0. The molecule has 0 aliphatic carbocycles. The second-order valence-corrected chi connectivity index (χ2v) is 5.56. The van der Waals surface area contributed by atoms with E-state index in [4.69, 9.17) is 5.11 Å². The fourth-order valence-corrected chi connectivity index (χ4v) is 2.71. The Balaban J connectivity index is 2.13. The van der Waals surface area contributed by atoms with Crippen molar-refractivity contribution >= 4 is 5.97 Å². The average Bonchev–Trinajstić information content (AvgIpc) is 2.43. The number of rotatable bonds is 5. The molecule has 4 nitrogen and oxygen atoms in total. The van der Waals surface area contributed by atoms with Crippen LogP contribution in [0.4, 0.5) is 0 Å². The van der Waals surface area contributed by atoms with Crippen molar-refractivity contribution in [3.05, 3.63) is 64.2 Å². The van der Waals surface area contributed by atoms with E-state index in [0.29, 0.717) is 29.5 Å². The highest BCUT2D eigenvalue weighted by atomic mass is 16.4. The van der Waals surface area contributed by atoms with Crippen molar-refractivity contribution in [3.63, 3.8) is 0 Å². The zero-order valence-electron chi connectivity index (χ0n) is 12.7. The van der Waals surface area contributed by atoms with Gasteiger partial charge in [0.15, 0.2) is 0 Å². The molecule has 0 spiro atoms. The average molecular weight is 300 g/mol. The van der Waals surface area contributed by atoms with Crippen LogP contribution in [0.2, 0.25) is 0 Å². The van der Waals surface area contributed by atoms with Gasteiger partial charge in [-0.15, -0.1) is 0 Å². The second kappa shape index (κ2) is 6.62. The van der Waals surface area contributed by atoms with Crippen LogP contribution in [0.25, 0.3) is 0 Å². The maximum absolute atomic E-state index is 11.2. The van der Waals surface area contributed by atoms with Crippen molar-refractivity contribution < 1.29 is 20.1 Å². The summed E-state index contributed by atoms with van der Waals surface area (Å²) in [6, 6.07) is 10.4. The summed E-state index contributed by atoms with van der Waals surface area (Å²) in [6.07, 6.45) is 0.478. The van der Waals surface area contributed by atoms with Gasteiger partial charge in [0.2, 0.25) is 0 Å². The van der Waals surface area contributed by atoms with Crippen molar-refractivity contribution in [3.8, 4) is 5.75 Å². The van der Waals surface area contributed by atoms with E-state index in [1.807, 2.05) is 6.07 Å². The fraction of sp³-hybridized carbons (Fsp3) is 0.278. The molecule has 0 bridgehead atoms. The van der Waals surface area contributed by atoms with Gasteiger partial charge in [-0.3, -0.25) is 0 Å². The molecule has 4 heteroatoms. The Morgan fingerprint density at radius 1 is 1.14 bits per heavy atom. The Morgan fingerprint density at radius 3 is 2.32 bits per heavy atom. The molecule has 0 aliphatic heterocycles. The first-order chi connectivity index (χ1) is 10.4. The van der Waals surface area contributed by atoms with Gasteiger partial charge in [0.1, 0.15) is 5.75 Å². The van der Waals surface area contributed by atoms with E-state index in [1.165, 1.54) is 0 Å². The molecule has 2 rings (SSSR count). The monoisotopic (exact) mass is 300 g/mol. The van der Waals surface area contributed by atoms with Crippen molar-refractivity contribution in [2.24, 2.45) is 0 Å². The largest absolute Gasteiger partial charge is 0.508 e. The molecule has 116 valence electrons. The number of aryl methyl sites for hydroxylation is 3. The molecule has 1 atom stereocenters. The third kappa shape index (κ3) is 3.65. The molecule has 0 saturated carbocycles. The van der Waals surface area contributed by atoms with Crippen LogP contribution in [-0.2, 0) is 6.42 Å². The first kappa shape index (κ1) is 16.0.